The average Bonchev–Trinajstić information content (AvgIpc) is 2.98. The first-order valence-electron chi connectivity index (χ1n) is 13.5. The number of halogens is 3. The number of alkyl halides is 3. The zero-order valence-electron chi connectivity index (χ0n) is 23.4. The molecule has 0 saturated carbocycles. The van der Waals surface area contributed by atoms with Crippen molar-refractivity contribution in [3.8, 4) is 17.2 Å². The molecule has 11 heteroatoms. The maximum atomic E-state index is 13.4. The van der Waals surface area contributed by atoms with Crippen molar-refractivity contribution in [3.05, 3.63) is 88.2 Å². The van der Waals surface area contributed by atoms with Crippen LogP contribution in [-0.2, 0) is 17.4 Å². The van der Waals surface area contributed by atoms with Gasteiger partial charge in [0, 0.05) is 18.7 Å². The van der Waals surface area contributed by atoms with Crippen LogP contribution in [0.5, 0.6) is 11.5 Å². The number of unbranched alkanes of at least 4 members (excludes halogenated alkanes) is 2. The molecule has 0 radical (unpaired) electrons. The van der Waals surface area contributed by atoms with E-state index in [0.29, 0.717) is 59.1 Å². The van der Waals surface area contributed by atoms with E-state index in [1.54, 1.807) is 38.5 Å². The van der Waals surface area contributed by atoms with E-state index in [0.717, 1.165) is 30.5 Å². The van der Waals surface area contributed by atoms with Crippen molar-refractivity contribution in [1.82, 2.24) is 14.9 Å². The monoisotopic (exact) mass is 599 g/mol. The lowest BCUT2D eigenvalue weighted by Gasteiger charge is -2.15. The number of carbonyl (C=O) groups is 1. The number of hydrogen-bond donors (Lipinski definition) is 1. The van der Waals surface area contributed by atoms with Gasteiger partial charge < -0.3 is 14.8 Å². The number of thioether (sulfide) groups is 1. The zero-order chi connectivity index (χ0) is 30.1. The van der Waals surface area contributed by atoms with Gasteiger partial charge in [-0.15, -0.1) is 0 Å². The van der Waals surface area contributed by atoms with Crippen molar-refractivity contribution < 1.29 is 27.4 Å². The number of para-hydroxylation sites is 1. The summed E-state index contributed by atoms with van der Waals surface area (Å²) in [6.45, 7) is 0.505. The topological polar surface area (TPSA) is 82.5 Å². The van der Waals surface area contributed by atoms with E-state index in [9.17, 15) is 22.8 Å². The third-order valence-electron chi connectivity index (χ3n) is 6.64. The molecule has 0 bridgehead atoms. The SMILES string of the molecule is COc1ccc(CCNC(=O)CCCCCSc2nc3ccccc3c(=O)n2-c2cccc(C(F)(F)F)c2)cc1OC. The minimum Gasteiger partial charge on any atom is -0.493 e. The van der Waals surface area contributed by atoms with Crippen LogP contribution in [0.15, 0.2) is 76.7 Å². The molecule has 1 aromatic heterocycles. The van der Waals surface area contributed by atoms with Gasteiger partial charge in [-0.1, -0.05) is 42.4 Å². The maximum Gasteiger partial charge on any atom is 0.416 e. The highest BCUT2D eigenvalue weighted by Gasteiger charge is 2.31. The molecule has 0 fully saturated rings. The number of carbonyl (C=O) groups excluding carboxylic acids is 1. The third kappa shape index (κ3) is 7.84. The van der Waals surface area contributed by atoms with E-state index < -0.39 is 17.3 Å². The first-order chi connectivity index (χ1) is 20.2. The van der Waals surface area contributed by atoms with Gasteiger partial charge in [0.05, 0.1) is 36.4 Å². The van der Waals surface area contributed by atoms with E-state index in [1.807, 2.05) is 18.2 Å². The fourth-order valence-corrected chi connectivity index (χ4v) is 5.47. The summed E-state index contributed by atoms with van der Waals surface area (Å²) in [6, 6.07) is 17.1. The molecule has 4 rings (SSSR count). The van der Waals surface area contributed by atoms with Crippen LogP contribution < -0.4 is 20.3 Å². The van der Waals surface area contributed by atoms with Gasteiger partial charge in [0.25, 0.3) is 5.56 Å². The van der Waals surface area contributed by atoms with Crippen LogP contribution in [0.4, 0.5) is 13.2 Å². The van der Waals surface area contributed by atoms with Crippen molar-refractivity contribution in [2.45, 2.75) is 43.4 Å². The predicted molar refractivity (Wildman–Crippen MR) is 158 cm³/mol. The molecule has 0 atom stereocenters. The first kappa shape index (κ1) is 31.0. The minimum absolute atomic E-state index is 0.0299. The Morgan fingerprint density at radius 2 is 1.74 bits per heavy atom. The molecule has 7 nitrogen and oxygen atoms in total. The van der Waals surface area contributed by atoms with Gasteiger partial charge in [0.2, 0.25) is 5.91 Å². The number of methoxy groups -OCH3 is 2. The Kier molecular flexibility index (Phi) is 10.5. The van der Waals surface area contributed by atoms with Gasteiger partial charge in [-0.3, -0.25) is 14.2 Å². The Labute approximate surface area is 246 Å². The molecular formula is C31H32F3N3O4S. The smallest absolute Gasteiger partial charge is 0.416 e. The van der Waals surface area contributed by atoms with Crippen molar-refractivity contribution in [2.24, 2.45) is 0 Å². The van der Waals surface area contributed by atoms with Gasteiger partial charge in [-0.2, -0.15) is 13.2 Å². The van der Waals surface area contributed by atoms with Gasteiger partial charge in [-0.05, 0) is 67.3 Å². The van der Waals surface area contributed by atoms with Crippen LogP contribution in [-0.4, -0.2) is 42.0 Å². The molecule has 222 valence electrons. The molecule has 0 saturated heterocycles. The zero-order valence-corrected chi connectivity index (χ0v) is 24.2. The summed E-state index contributed by atoms with van der Waals surface area (Å²) in [5.41, 5.74) is 0.361. The highest BCUT2D eigenvalue weighted by atomic mass is 32.2. The Hall–Kier alpha value is -3.99. The summed E-state index contributed by atoms with van der Waals surface area (Å²) < 4.78 is 51.9. The number of nitrogens with zero attached hydrogens (tertiary/aromatic N) is 2. The van der Waals surface area contributed by atoms with Crippen molar-refractivity contribution in [3.63, 3.8) is 0 Å². The number of nitrogens with one attached hydrogen (secondary N) is 1. The lowest BCUT2D eigenvalue weighted by atomic mass is 10.1. The summed E-state index contributed by atoms with van der Waals surface area (Å²) in [4.78, 5) is 30.2. The number of hydrogen-bond acceptors (Lipinski definition) is 6. The summed E-state index contributed by atoms with van der Waals surface area (Å²) in [5.74, 6) is 1.85. The van der Waals surface area contributed by atoms with Crippen LogP contribution in [0.1, 0.15) is 36.8 Å². The molecule has 4 aromatic rings. The molecule has 0 aliphatic heterocycles. The summed E-state index contributed by atoms with van der Waals surface area (Å²) in [6.07, 6.45) is -1.28. The van der Waals surface area contributed by atoms with Crippen LogP contribution in [0.25, 0.3) is 16.6 Å². The highest BCUT2D eigenvalue weighted by molar-refractivity contribution is 7.99. The van der Waals surface area contributed by atoms with E-state index in [2.05, 4.69) is 10.3 Å². The van der Waals surface area contributed by atoms with Gasteiger partial charge in [-0.25, -0.2) is 4.98 Å². The molecule has 42 heavy (non-hydrogen) atoms. The van der Waals surface area contributed by atoms with E-state index >= 15 is 0 Å². The molecule has 0 unspecified atom stereocenters. The molecule has 0 spiro atoms. The molecule has 3 aromatic carbocycles. The van der Waals surface area contributed by atoms with E-state index in [1.165, 1.54) is 28.5 Å². The second-order valence-corrected chi connectivity index (χ2v) is 10.6. The van der Waals surface area contributed by atoms with Crippen LogP contribution in [0.2, 0.25) is 0 Å². The predicted octanol–water partition coefficient (Wildman–Crippen LogP) is 6.43. The fourth-order valence-electron chi connectivity index (χ4n) is 4.46. The Morgan fingerprint density at radius 3 is 2.50 bits per heavy atom. The quantitative estimate of drug-likeness (QED) is 0.108. The lowest BCUT2D eigenvalue weighted by molar-refractivity contribution is -0.137. The number of amides is 1. The lowest BCUT2D eigenvalue weighted by Crippen LogP contribution is -2.25. The molecule has 0 aliphatic carbocycles. The minimum atomic E-state index is -4.53. The number of aromatic nitrogens is 2. The maximum absolute atomic E-state index is 13.4. The Balaban J connectivity index is 1.30. The fraction of sp³-hybridized carbons (Fsp3) is 0.323. The molecule has 1 N–H and O–H groups in total. The Bertz CT molecular complexity index is 1590. The molecule has 1 amide bonds. The molecular weight excluding hydrogens is 567 g/mol. The third-order valence-corrected chi connectivity index (χ3v) is 7.66. The van der Waals surface area contributed by atoms with E-state index in [4.69, 9.17) is 9.47 Å². The number of rotatable bonds is 13. The van der Waals surface area contributed by atoms with Crippen LogP contribution in [0.3, 0.4) is 0 Å². The van der Waals surface area contributed by atoms with Crippen LogP contribution >= 0.6 is 11.8 Å². The number of benzene rings is 3. The highest BCUT2D eigenvalue weighted by Crippen LogP contribution is 2.31. The van der Waals surface area contributed by atoms with Crippen molar-refractivity contribution in [2.75, 3.05) is 26.5 Å². The van der Waals surface area contributed by atoms with Gasteiger partial charge in [0.15, 0.2) is 16.7 Å². The summed E-state index contributed by atoms with van der Waals surface area (Å²) in [7, 11) is 3.16. The second kappa shape index (κ2) is 14.3. The normalized spacial score (nSPS) is 11.5. The molecule has 0 aliphatic rings. The van der Waals surface area contributed by atoms with Crippen LogP contribution in [0, 0.1) is 0 Å². The van der Waals surface area contributed by atoms with Crippen molar-refractivity contribution >= 4 is 28.6 Å². The summed E-state index contributed by atoms with van der Waals surface area (Å²) in [5, 5.41) is 3.59. The van der Waals surface area contributed by atoms with Gasteiger partial charge >= 0.3 is 6.18 Å². The largest absolute Gasteiger partial charge is 0.493 e. The summed E-state index contributed by atoms with van der Waals surface area (Å²) >= 11 is 1.31. The average molecular weight is 600 g/mol. The molecule has 1 heterocycles. The number of ether oxygens (including phenoxy) is 2. The second-order valence-electron chi connectivity index (χ2n) is 9.55. The van der Waals surface area contributed by atoms with Gasteiger partial charge in [0.1, 0.15) is 0 Å². The first-order valence-corrected chi connectivity index (χ1v) is 14.5. The standard InChI is InChI=1S/C31H32F3N3O4S/c1-40-26-15-14-21(19-27(26)41-2)16-17-35-28(38)13-4-3-7-18-42-30-36-25-12-6-5-11-24(25)29(39)37(30)23-10-8-9-22(20-23)31(32,33)34/h5-6,8-12,14-15,19-20H,3-4,7,13,16-18H2,1-2H3,(H,35,38). The van der Waals surface area contributed by atoms with E-state index in [-0.39, 0.29) is 11.6 Å². The van der Waals surface area contributed by atoms with Crippen molar-refractivity contribution in [1.29, 1.82) is 0 Å². The number of fused-ring (bicyclic) bond motifs is 1. The Morgan fingerprint density at radius 1 is 0.952 bits per heavy atom.